The maximum absolute atomic E-state index is 4.66. The van der Waals surface area contributed by atoms with E-state index in [9.17, 15) is 0 Å². The number of hydrogen-bond acceptors (Lipinski definition) is 6. The van der Waals surface area contributed by atoms with Gasteiger partial charge >= 0.3 is 0 Å². The quantitative estimate of drug-likeness (QED) is 0.680. The van der Waals surface area contributed by atoms with Gasteiger partial charge in [0.1, 0.15) is 5.82 Å². The zero-order valence-electron chi connectivity index (χ0n) is 15.4. The van der Waals surface area contributed by atoms with Crippen LogP contribution in [0.5, 0.6) is 0 Å². The topological polar surface area (TPSA) is 66.0 Å². The number of nitrogens with zero attached hydrogens (tertiary/aromatic N) is 4. The second-order valence-corrected chi connectivity index (χ2v) is 6.37. The summed E-state index contributed by atoms with van der Waals surface area (Å²) >= 11 is 0. The highest BCUT2D eigenvalue weighted by Crippen LogP contribution is 2.24. The van der Waals surface area contributed by atoms with Crippen molar-refractivity contribution in [2.24, 2.45) is 0 Å². The third-order valence-corrected chi connectivity index (χ3v) is 3.95. The molecule has 0 aliphatic rings. The summed E-state index contributed by atoms with van der Waals surface area (Å²) in [6, 6.07) is 14.0. The molecular formula is C20H24N6. The highest BCUT2D eigenvalue weighted by molar-refractivity contribution is 5.68. The first kappa shape index (κ1) is 17.8. The lowest BCUT2D eigenvalue weighted by Gasteiger charge is -2.14. The van der Waals surface area contributed by atoms with Crippen LogP contribution in [0.3, 0.4) is 0 Å². The molecule has 6 nitrogen and oxygen atoms in total. The van der Waals surface area contributed by atoms with Crippen LogP contribution >= 0.6 is 0 Å². The van der Waals surface area contributed by atoms with E-state index in [1.54, 1.807) is 12.4 Å². The minimum Gasteiger partial charge on any atom is -0.353 e. The monoisotopic (exact) mass is 348 g/mol. The van der Waals surface area contributed by atoms with Crippen LogP contribution in [-0.4, -0.2) is 47.0 Å². The van der Waals surface area contributed by atoms with E-state index >= 15 is 0 Å². The lowest BCUT2D eigenvalue weighted by Crippen LogP contribution is -2.21. The Morgan fingerprint density at radius 2 is 1.77 bits per heavy atom. The number of anilines is 3. The van der Waals surface area contributed by atoms with Crippen molar-refractivity contribution in [3.63, 3.8) is 0 Å². The molecule has 0 fully saturated rings. The average molecular weight is 348 g/mol. The minimum absolute atomic E-state index is 0.609. The van der Waals surface area contributed by atoms with Gasteiger partial charge in [-0.3, -0.25) is 4.98 Å². The molecule has 134 valence electrons. The van der Waals surface area contributed by atoms with E-state index in [1.807, 2.05) is 50.5 Å². The van der Waals surface area contributed by atoms with Crippen LogP contribution in [0, 0.1) is 6.92 Å². The summed E-state index contributed by atoms with van der Waals surface area (Å²) in [6.45, 7) is 3.75. The van der Waals surface area contributed by atoms with Crippen LogP contribution in [0.4, 0.5) is 17.5 Å². The Morgan fingerprint density at radius 1 is 1.00 bits per heavy atom. The molecule has 0 amide bonds. The Balaban J connectivity index is 1.90. The molecule has 0 spiro atoms. The lowest BCUT2D eigenvalue weighted by atomic mass is 10.2. The molecule has 0 aliphatic carbocycles. The molecule has 2 aromatic heterocycles. The zero-order chi connectivity index (χ0) is 18.4. The molecular weight excluding hydrogens is 324 g/mol. The van der Waals surface area contributed by atoms with Crippen LogP contribution in [-0.2, 0) is 0 Å². The van der Waals surface area contributed by atoms with Gasteiger partial charge in [0.25, 0.3) is 0 Å². The maximum atomic E-state index is 4.66. The number of benzene rings is 1. The molecule has 0 unspecified atom stereocenters. The van der Waals surface area contributed by atoms with Gasteiger partial charge in [0.2, 0.25) is 5.95 Å². The van der Waals surface area contributed by atoms with E-state index < -0.39 is 0 Å². The van der Waals surface area contributed by atoms with Gasteiger partial charge in [-0.15, -0.1) is 0 Å². The van der Waals surface area contributed by atoms with Gasteiger partial charge in [0.05, 0.1) is 5.69 Å². The number of para-hydroxylation sites is 1. The largest absolute Gasteiger partial charge is 0.353 e. The summed E-state index contributed by atoms with van der Waals surface area (Å²) in [5.41, 5.74) is 4.06. The number of nitrogens with one attached hydrogen (secondary N) is 2. The lowest BCUT2D eigenvalue weighted by molar-refractivity contribution is 0.425. The molecule has 2 heterocycles. The van der Waals surface area contributed by atoms with Crippen molar-refractivity contribution < 1.29 is 0 Å². The van der Waals surface area contributed by atoms with Gasteiger partial charge in [-0.05, 0) is 44.8 Å². The molecule has 26 heavy (non-hydrogen) atoms. The SMILES string of the molecule is Cc1ccccc1Nc1cc(-c2ccncc2)nc(NCCN(C)C)n1. The standard InChI is InChI=1S/C20H24N6/c1-15-6-4-5-7-17(15)23-19-14-18(16-8-10-21-11-9-16)24-20(25-19)22-12-13-26(2)3/h4-11,14H,12-13H2,1-3H3,(H2,22,23,24,25). The van der Waals surface area contributed by atoms with E-state index in [4.69, 9.17) is 0 Å². The zero-order valence-corrected chi connectivity index (χ0v) is 15.4. The van der Waals surface area contributed by atoms with Crippen LogP contribution in [0.1, 0.15) is 5.56 Å². The number of aryl methyl sites for hydroxylation is 1. The molecule has 0 atom stereocenters. The van der Waals surface area contributed by atoms with Crippen LogP contribution in [0.2, 0.25) is 0 Å². The van der Waals surface area contributed by atoms with Crippen molar-refractivity contribution in [3.8, 4) is 11.3 Å². The van der Waals surface area contributed by atoms with E-state index in [0.717, 1.165) is 35.9 Å². The minimum atomic E-state index is 0.609. The van der Waals surface area contributed by atoms with E-state index in [0.29, 0.717) is 5.95 Å². The van der Waals surface area contributed by atoms with Gasteiger partial charge in [-0.2, -0.15) is 4.98 Å². The third kappa shape index (κ3) is 4.77. The molecule has 0 saturated heterocycles. The molecule has 0 aliphatic heterocycles. The first-order valence-corrected chi connectivity index (χ1v) is 8.62. The van der Waals surface area contributed by atoms with Crippen molar-refractivity contribution in [1.82, 2.24) is 19.9 Å². The summed E-state index contributed by atoms with van der Waals surface area (Å²) in [6.07, 6.45) is 3.54. The molecule has 1 aromatic carbocycles. The van der Waals surface area contributed by atoms with Crippen molar-refractivity contribution in [1.29, 1.82) is 0 Å². The molecule has 0 bridgehead atoms. The predicted molar refractivity (Wildman–Crippen MR) is 107 cm³/mol. The molecule has 0 saturated carbocycles. The Hall–Kier alpha value is -2.99. The Kier molecular flexibility index (Phi) is 5.76. The van der Waals surface area contributed by atoms with Crippen molar-refractivity contribution in [3.05, 3.63) is 60.4 Å². The predicted octanol–water partition coefficient (Wildman–Crippen LogP) is 3.56. The fraction of sp³-hybridized carbons (Fsp3) is 0.250. The van der Waals surface area contributed by atoms with E-state index in [2.05, 4.69) is 43.5 Å². The summed E-state index contributed by atoms with van der Waals surface area (Å²) in [5, 5.41) is 6.71. The fourth-order valence-corrected chi connectivity index (χ4v) is 2.50. The smallest absolute Gasteiger partial charge is 0.225 e. The summed E-state index contributed by atoms with van der Waals surface area (Å²) in [5.74, 6) is 1.37. The normalized spacial score (nSPS) is 10.8. The first-order chi connectivity index (χ1) is 12.6. The van der Waals surface area contributed by atoms with Gasteiger partial charge in [-0.25, -0.2) is 4.98 Å². The number of aromatic nitrogens is 3. The highest BCUT2D eigenvalue weighted by atomic mass is 15.2. The number of hydrogen-bond donors (Lipinski definition) is 2. The fourth-order valence-electron chi connectivity index (χ4n) is 2.50. The number of likely N-dealkylation sites (N-methyl/N-ethyl adjacent to an activating group) is 1. The maximum Gasteiger partial charge on any atom is 0.225 e. The second-order valence-electron chi connectivity index (χ2n) is 6.37. The van der Waals surface area contributed by atoms with Gasteiger partial charge < -0.3 is 15.5 Å². The summed E-state index contributed by atoms with van der Waals surface area (Å²) < 4.78 is 0. The Bertz CT molecular complexity index is 848. The van der Waals surface area contributed by atoms with Crippen LogP contribution in [0.15, 0.2) is 54.9 Å². The average Bonchev–Trinajstić information content (AvgIpc) is 2.64. The molecule has 3 aromatic rings. The third-order valence-electron chi connectivity index (χ3n) is 3.95. The van der Waals surface area contributed by atoms with Crippen LogP contribution in [0.25, 0.3) is 11.3 Å². The number of pyridine rings is 1. The second kappa shape index (κ2) is 8.40. The van der Waals surface area contributed by atoms with Crippen molar-refractivity contribution >= 4 is 17.5 Å². The van der Waals surface area contributed by atoms with Gasteiger partial charge in [0.15, 0.2) is 0 Å². The van der Waals surface area contributed by atoms with Gasteiger partial charge in [0, 0.05) is 42.8 Å². The molecule has 3 rings (SSSR count). The number of rotatable bonds is 7. The highest BCUT2D eigenvalue weighted by Gasteiger charge is 2.08. The Labute approximate surface area is 154 Å². The van der Waals surface area contributed by atoms with E-state index in [1.165, 1.54) is 5.56 Å². The molecule has 0 radical (unpaired) electrons. The van der Waals surface area contributed by atoms with Crippen molar-refractivity contribution in [2.75, 3.05) is 37.8 Å². The summed E-state index contributed by atoms with van der Waals surface area (Å²) in [4.78, 5) is 15.5. The van der Waals surface area contributed by atoms with E-state index in [-0.39, 0.29) is 0 Å². The van der Waals surface area contributed by atoms with Crippen molar-refractivity contribution in [2.45, 2.75) is 6.92 Å². The molecule has 6 heteroatoms. The summed E-state index contributed by atoms with van der Waals surface area (Å²) in [7, 11) is 4.09. The van der Waals surface area contributed by atoms with Crippen LogP contribution < -0.4 is 10.6 Å². The first-order valence-electron chi connectivity index (χ1n) is 8.62. The Morgan fingerprint density at radius 3 is 2.50 bits per heavy atom. The molecule has 2 N–H and O–H groups in total. The van der Waals surface area contributed by atoms with Gasteiger partial charge in [-0.1, -0.05) is 18.2 Å².